The Morgan fingerprint density at radius 3 is 1.82 bits per heavy atom. The van der Waals surface area contributed by atoms with Crippen LogP contribution in [0.4, 0.5) is 0 Å². The minimum absolute atomic E-state index is 0.0567. The molecular formula is C8H14O2S. The van der Waals surface area contributed by atoms with Crippen LogP contribution < -0.4 is 0 Å². The molecule has 0 radical (unpaired) electrons. The monoisotopic (exact) mass is 174 g/mol. The van der Waals surface area contributed by atoms with Gasteiger partial charge in [-0.1, -0.05) is 6.42 Å². The van der Waals surface area contributed by atoms with Gasteiger partial charge < -0.3 is 0 Å². The van der Waals surface area contributed by atoms with Gasteiger partial charge in [-0.3, -0.25) is 0 Å². The first-order valence-corrected chi connectivity index (χ1v) is 5.85. The predicted molar refractivity (Wildman–Crippen MR) is 44.1 cm³/mol. The number of rotatable bonds is 0. The van der Waals surface area contributed by atoms with Crippen LogP contribution in [-0.4, -0.2) is 18.9 Å². The Morgan fingerprint density at radius 2 is 1.64 bits per heavy atom. The molecule has 1 saturated carbocycles. The summed E-state index contributed by atoms with van der Waals surface area (Å²) in [5.74, 6) is 0. The normalized spacial score (nSPS) is 44.5. The van der Waals surface area contributed by atoms with Crippen molar-refractivity contribution in [1.29, 1.82) is 0 Å². The van der Waals surface area contributed by atoms with Gasteiger partial charge in [0.2, 0.25) is 0 Å². The molecule has 2 unspecified atom stereocenters. The minimum atomic E-state index is -2.71. The molecule has 2 rings (SSSR count). The van der Waals surface area contributed by atoms with Gasteiger partial charge in [-0.25, -0.2) is 8.42 Å². The van der Waals surface area contributed by atoms with Crippen molar-refractivity contribution in [2.75, 3.05) is 0 Å². The highest BCUT2D eigenvalue weighted by Crippen LogP contribution is 2.59. The van der Waals surface area contributed by atoms with E-state index in [2.05, 4.69) is 0 Å². The largest absolute Gasteiger partial charge is 0.228 e. The van der Waals surface area contributed by atoms with Crippen molar-refractivity contribution >= 4 is 9.84 Å². The van der Waals surface area contributed by atoms with E-state index < -0.39 is 9.84 Å². The van der Waals surface area contributed by atoms with E-state index in [1.54, 1.807) is 0 Å². The SMILES string of the molecule is CC1C2(CCC2)C(C)S1(=O)=O. The number of sulfone groups is 1. The summed E-state index contributed by atoms with van der Waals surface area (Å²) >= 11 is 0. The van der Waals surface area contributed by atoms with Gasteiger partial charge in [-0.05, 0) is 26.7 Å². The van der Waals surface area contributed by atoms with Crippen molar-refractivity contribution in [3.05, 3.63) is 0 Å². The van der Waals surface area contributed by atoms with Crippen molar-refractivity contribution in [3.63, 3.8) is 0 Å². The lowest BCUT2D eigenvalue weighted by atomic mass is 9.64. The van der Waals surface area contributed by atoms with Crippen LogP contribution in [0.3, 0.4) is 0 Å². The van der Waals surface area contributed by atoms with Gasteiger partial charge in [0.05, 0.1) is 10.5 Å². The fourth-order valence-corrected chi connectivity index (χ4v) is 5.19. The lowest BCUT2D eigenvalue weighted by Crippen LogP contribution is -2.65. The molecule has 0 aromatic heterocycles. The summed E-state index contributed by atoms with van der Waals surface area (Å²) in [5, 5.41) is -0.113. The van der Waals surface area contributed by atoms with Crippen LogP contribution in [0.15, 0.2) is 0 Å². The van der Waals surface area contributed by atoms with E-state index in [4.69, 9.17) is 0 Å². The minimum Gasteiger partial charge on any atom is -0.228 e. The maximum atomic E-state index is 11.4. The van der Waals surface area contributed by atoms with E-state index in [1.165, 1.54) is 6.42 Å². The molecule has 2 atom stereocenters. The third-order valence-electron chi connectivity index (χ3n) is 3.89. The van der Waals surface area contributed by atoms with Crippen LogP contribution in [0.1, 0.15) is 33.1 Å². The first kappa shape index (κ1) is 7.59. The maximum absolute atomic E-state index is 11.4. The molecule has 1 aliphatic carbocycles. The Balaban J connectivity index is 2.32. The second-order valence-corrected chi connectivity index (χ2v) is 6.55. The standard InChI is InChI=1S/C8H14O2S/c1-6-8(4-3-5-8)7(2)11(6,9)10/h6-7H,3-5H2,1-2H3. The predicted octanol–water partition coefficient (Wildman–Crippen LogP) is 1.36. The van der Waals surface area contributed by atoms with Gasteiger partial charge in [0.25, 0.3) is 0 Å². The molecule has 1 spiro atoms. The van der Waals surface area contributed by atoms with E-state index in [-0.39, 0.29) is 15.9 Å². The quantitative estimate of drug-likeness (QED) is 0.555. The fourth-order valence-electron chi connectivity index (χ4n) is 2.62. The zero-order valence-corrected chi connectivity index (χ0v) is 7.82. The van der Waals surface area contributed by atoms with E-state index in [0.29, 0.717) is 0 Å². The Labute approximate surface area is 67.9 Å². The van der Waals surface area contributed by atoms with Crippen LogP contribution in [0.5, 0.6) is 0 Å². The van der Waals surface area contributed by atoms with Crippen LogP contribution >= 0.6 is 0 Å². The summed E-state index contributed by atoms with van der Waals surface area (Å²) in [5.41, 5.74) is 0.207. The van der Waals surface area contributed by atoms with Crippen LogP contribution in [0, 0.1) is 5.41 Å². The molecule has 1 aliphatic heterocycles. The highest BCUT2D eigenvalue weighted by Gasteiger charge is 2.64. The smallest absolute Gasteiger partial charge is 0.156 e. The molecule has 1 heterocycles. The van der Waals surface area contributed by atoms with Crippen molar-refractivity contribution in [2.24, 2.45) is 5.41 Å². The van der Waals surface area contributed by atoms with Gasteiger partial charge in [0.1, 0.15) is 0 Å². The van der Waals surface area contributed by atoms with Crippen molar-refractivity contribution in [3.8, 4) is 0 Å². The lowest BCUT2D eigenvalue weighted by Gasteiger charge is -2.58. The Bertz CT molecular complexity index is 256. The van der Waals surface area contributed by atoms with E-state index in [0.717, 1.165) is 12.8 Å². The molecule has 11 heavy (non-hydrogen) atoms. The summed E-state index contributed by atoms with van der Waals surface area (Å²) in [7, 11) is -2.71. The third-order valence-corrected chi connectivity index (χ3v) is 6.80. The molecule has 0 N–H and O–H groups in total. The third kappa shape index (κ3) is 0.616. The molecule has 3 heteroatoms. The molecule has 64 valence electrons. The molecule has 2 fully saturated rings. The van der Waals surface area contributed by atoms with E-state index in [1.807, 2.05) is 13.8 Å². The van der Waals surface area contributed by atoms with Gasteiger partial charge >= 0.3 is 0 Å². The molecule has 0 amide bonds. The van der Waals surface area contributed by atoms with Crippen LogP contribution in [0.2, 0.25) is 0 Å². The van der Waals surface area contributed by atoms with Crippen molar-refractivity contribution in [2.45, 2.75) is 43.6 Å². The molecule has 2 nitrogen and oxygen atoms in total. The second-order valence-electron chi connectivity index (χ2n) is 3.96. The number of hydrogen-bond acceptors (Lipinski definition) is 2. The first-order valence-electron chi connectivity index (χ1n) is 4.24. The van der Waals surface area contributed by atoms with Gasteiger partial charge in [-0.15, -0.1) is 0 Å². The molecule has 0 aromatic rings. The topological polar surface area (TPSA) is 34.1 Å². The summed E-state index contributed by atoms with van der Waals surface area (Å²) in [6.07, 6.45) is 3.49. The first-order chi connectivity index (χ1) is 5.02. The Hall–Kier alpha value is -0.0500. The van der Waals surface area contributed by atoms with Crippen LogP contribution in [-0.2, 0) is 9.84 Å². The zero-order valence-electron chi connectivity index (χ0n) is 7.00. The van der Waals surface area contributed by atoms with Gasteiger partial charge in [0.15, 0.2) is 9.84 Å². The highest BCUT2D eigenvalue weighted by atomic mass is 32.2. The number of hydrogen-bond donors (Lipinski definition) is 0. The summed E-state index contributed by atoms with van der Waals surface area (Å²) in [6.45, 7) is 3.74. The molecule has 0 aromatic carbocycles. The van der Waals surface area contributed by atoms with Gasteiger partial charge in [-0.2, -0.15) is 0 Å². The van der Waals surface area contributed by atoms with Crippen molar-refractivity contribution in [1.82, 2.24) is 0 Å². The average molecular weight is 174 g/mol. The molecule has 0 bridgehead atoms. The Morgan fingerprint density at radius 1 is 1.18 bits per heavy atom. The maximum Gasteiger partial charge on any atom is 0.156 e. The van der Waals surface area contributed by atoms with E-state index in [9.17, 15) is 8.42 Å². The summed E-state index contributed by atoms with van der Waals surface area (Å²) in [4.78, 5) is 0. The Kier molecular flexibility index (Phi) is 1.25. The highest BCUT2D eigenvalue weighted by molar-refractivity contribution is 7.94. The summed E-state index contributed by atoms with van der Waals surface area (Å²) < 4.78 is 22.7. The average Bonchev–Trinajstić information content (AvgIpc) is 1.85. The second kappa shape index (κ2) is 1.82. The van der Waals surface area contributed by atoms with Crippen LogP contribution in [0.25, 0.3) is 0 Å². The molecule has 1 saturated heterocycles. The van der Waals surface area contributed by atoms with E-state index >= 15 is 0 Å². The summed E-state index contributed by atoms with van der Waals surface area (Å²) in [6, 6.07) is 0. The fraction of sp³-hybridized carbons (Fsp3) is 1.00. The van der Waals surface area contributed by atoms with Gasteiger partial charge in [0, 0.05) is 5.41 Å². The lowest BCUT2D eigenvalue weighted by molar-refractivity contribution is 0.0980. The molecular weight excluding hydrogens is 160 g/mol. The zero-order chi connectivity index (χ0) is 8.28. The van der Waals surface area contributed by atoms with Crippen molar-refractivity contribution < 1.29 is 8.42 Å². The molecule has 2 aliphatic rings.